The molecule has 0 heterocycles. The van der Waals surface area contributed by atoms with Crippen molar-refractivity contribution in [1.82, 2.24) is 0 Å². The molecule has 1 fully saturated rings. The molecule has 112 valence electrons. The minimum Gasteiger partial charge on any atom is -0.408 e. The van der Waals surface area contributed by atoms with E-state index in [1.54, 1.807) is 14.2 Å². The van der Waals surface area contributed by atoms with Crippen molar-refractivity contribution < 1.29 is 13.9 Å². The molecule has 0 aromatic rings. The Kier molecular flexibility index (Phi) is 5.80. The van der Waals surface area contributed by atoms with E-state index in [-0.39, 0.29) is 11.9 Å². The number of methoxy groups -OCH3 is 2. The lowest BCUT2D eigenvalue weighted by atomic mass is 9.83. The number of ether oxygens (including phenoxy) is 2. The first kappa shape index (κ1) is 16.9. The van der Waals surface area contributed by atoms with Crippen LogP contribution in [0.1, 0.15) is 32.6 Å². The highest BCUT2D eigenvalue weighted by Gasteiger charge is 2.47. The lowest BCUT2D eigenvalue weighted by Crippen LogP contribution is -2.47. The molecule has 0 radical (unpaired) electrons. The van der Waals surface area contributed by atoms with Crippen molar-refractivity contribution in [2.75, 3.05) is 14.2 Å². The monoisotopic (exact) mass is 286 g/mol. The first-order chi connectivity index (χ1) is 8.75. The normalized spacial score (nSPS) is 28.1. The van der Waals surface area contributed by atoms with Crippen molar-refractivity contribution in [3.05, 3.63) is 12.2 Å². The van der Waals surface area contributed by atoms with Crippen LogP contribution in [0.3, 0.4) is 0 Å². The van der Waals surface area contributed by atoms with Gasteiger partial charge in [0, 0.05) is 20.6 Å². The quantitative estimate of drug-likeness (QED) is 0.403. The largest absolute Gasteiger partial charge is 0.408 e. The summed E-state index contributed by atoms with van der Waals surface area (Å²) >= 11 is 0. The number of rotatable bonds is 7. The zero-order chi connectivity index (χ0) is 14.7. The van der Waals surface area contributed by atoms with E-state index in [4.69, 9.17) is 13.9 Å². The number of hydrogen-bond acceptors (Lipinski definition) is 3. The summed E-state index contributed by atoms with van der Waals surface area (Å²) in [4.78, 5) is 0. The fourth-order valence-corrected chi connectivity index (χ4v) is 4.74. The predicted molar refractivity (Wildman–Crippen MR) is 81.7 cm³/mol. The van der Waals surface area contributed by atoms with E-state index in [0.717, 1.165) is 18.4 Å². The summed E-state index contributed by atoms with van der Waals surface area (Å²) in [6.07, 6.45) is 4.18. The Morgan fingerprint density at radius 3 is 2.32 bits per heavy atom. The molecular weight excluding hydrogens is 256 g/mol. The molecule has 4 heteroatoms. The molecule has 1 aliphatic rings. The minimum atomic E-state index is -1.61. The standard InChI is InChI=1S/C15H30O3Si/c1-12(2)15(18-19(5,6)7)10-8-9-13(15)11-14(16-3)17-4/h13-14H,1,8-11H2,2-7H3/t13-,15+/m1/s1. The minimum absolute atomic E-state index is 0.146. The Morgan fingerprint density at radius 1 is 1.32 bits per heavy atom. The van der Waals surface area contributed by atoms with E-state index in [9.17, 15) is 0 Å². The summed E-state index contributed by atoms with van der Waals surface area (Å²) in [5.41, 5.74) is 0.989. The van der Waals surface area contributed by atoms with Gasteiger partial charge in [-0.05, 0) is 57.3 Å². The molecule has 1 saturated carbocycles. The van der Waals surface area contributed by atoms with E-state index < -0.39 is 8.32 Å². The van der Waals surface area contributed by atoms with E-state index in [1.807, 2.05) is 0 Å². The highest BCUT2D eigenvalue weighted by molar-refractivity contribution is 6.69. The van der Waals surface area contributed by atoms with Crippen molar-refractivity contribution in [2.24, 2.45) is 5.92 Å². The molecule has 0 bridgehead atoms. The third kappa shape index (κ3) is 4.15. The van der Waals surface area contributed by atoms with Gasteiger partial charge in [-0.1, -0.05) is 6.58 Å². The van der Waals surface area contributed by atoms with Crippen molar-refractivity contribution in [1.29, 1.82) is 0 Å². The molecular formula is C15H30O3Si. The summed E-state index contributed by atoms with van der Waals surface area (Å²) in [5, 5.41) is 0. The van der Waals surface area contributed by atoms with Gasteiger partial charge < -0.3 is 13.9 Å². The van der Waals surface area contributed by atoms with Gasteiger partial charge in [-0.15, -0.1) is 0 Å². The Bertz CT molecular complexity index is 307. The lowest BCUT2D eigenvalue weighted by Gasteiger charge is -2.42. The molecule has 0 unspecified atom stereocenters. The van der Waals surface area contributed by atoms with Crippen LogP contribution in [0.5, 0.6) is 0 Å². The maximum absolute atomic E-state index is 6.58. The Morgan fingerprint density at radius 2 is 1.89 bits per heavy atom. The Balaban J connectivity index is 2.91. The number of hydrogen-bond donors (Lipinski definition) is 0. The highest BCUT2D eigenvalue weighted by Crippen LogP contribution is 2.47. The van der Waals surface area contributed by atoms with Crippen molar-refractivity contribution in [3.63, 3.8) is 0 Å². The topological polar surface area (TPSA) is 27.7 Å². The third-order valence-corrected chi connectivity index (χ3v) is 4.95. The van der Waals surface area contributed by atoms with Gasteiger partial charge in [-0.2, -0.15) is 0 Å². The van der Waals surface area contributed by atoms with E-state index in [0.29, 0.717) is 5.92 Å². The van der Waals surface area contributed by atoms with Gasteiger partial charge in [0.1, 0.15) is 0 Å². The smallest absolute Gasteiger partial charge is 0.184 e. The first-order valence-corrected chi connectivity index (χ1v) is 10.6. The maximum atomic E-state index is 6.58. The van der Waals surface area contributed by atoms with Crippen LogP contribution in [0.4, 0.5) is 0 Å². The summed E-state index contributed by atoms with van der Waals surface area (Å²) in [6, 6.07) is 0. The molecule has 1 rings (SSSR count). The molecule has 1 aliphatic carbocycles. The van der Waals surface area contributed by atoms with Crippen LogP contribution in [0.15, 0.2) is 12.2 Å². The van der Waals surface area contributed by atoms with Crippen molar-refractivity contribution in [3.8, 4) is 0 Å². The second kappa shape index (κ2) is 6.53. The van der Waals surface area contributed by atoms with Crippen molar-refractivity contribution >= 4 is 8.32 Å². The van der Waals surface area contributed by atoms with Crippen LogP contribution in [0.2, 0.25) is 19.6 Å². The average Bonchev–Trinajstić information content (AvgIpc) is 2.67. The van der Waals surface area contributed by atoms with Gasteiger partial charge in [0.05, 0.1) is 5.60 Å². The molecule has 0 aromatic carbocycles. The van der Waals surface area contributed by atoms with Crippen LogP contribution >= 0.6 is 0 Å². The van der Waals surface area contributed by atoms with Crippen LogP contribution in [-0.2, 0) is 13.9 Å². The van der Waals surface area contributed by atoms with Crippen LogP contribution in [-0.4, -0.2) is 34.4 Å². The molecule has 0 spiro atoms. The molecule has 0 aromatic heterocycles. The van der Waals surface area contributed by atoms with Gasteiger partial charge in [-0.3, -0.25) is 0 Å². The summed E-state index contributed by atoms with van der Waals surface area (Å²) < 4.78 is 17.3. The fraction of sp³-hybridized carbons (Fsp3) is 0.867. The van der Waals surface area contributed by atoms with E-state index in [1.165, 1.54) is 12.8 Å². The van der Waals surface area contributed by atoms with Gasteiger partial charge in [0.15, 0.2) is 14.6 Å². The van der Waals surface area contributed by atoms with Crippen LogP contribution < -0.4 is 0 Å². The zero-order valence-corrected chi connectivity index (χ0v) is 14.4. The Hall–Kier alpha value is -0.163. The third-order valence-electron chi connectivity index (χ3n) is 3.97. The maximum Gasteiger partial charge on any atom is 0.184 e. The SMILES string of the molecule is C=C(C)[C@@]1(O[Si](C)(C)C)CCC[C@@H]1CC(OC)OC. The van der Waals surface area contributed by atoms with Gasteiger partial charge in [0.25, 0.3) is 0 Å². The van der Waals surface area contributed by atoms with Crippen LogP contribution in [0.25, 0.3) is 0 Å². The molecule has 0 N–H and O–H groups in total. The molecule has 19 heavy (non-hydrogen) atoms. The lowest BCUT2D eigenvalue weighted by molar-refractivity contribution is -0.124. The van der Waals surface area contributed by atoms with E-state index in [2.05, 4.69) is 33.1 Å². The summed E-state index contributed by atoms with van der Waals surface area (Å²) in [7, 11) is 1.79. The molecule has 0 aliphatic heterocycles. The molecule has 0 amide bonds. The van der Waals surface area contributed by atoms with Gasteiger partial charge >= 0.3 is 0 Å². The van der Waals surface area contributed by atoms with Gasteiger partial charge in [0.2, 0.25) is 0 Å². The summed E-state index contributed by atoms with van der Waals surface area (Å²) in [6.45, 7) is 13.1. The Labute approximate surface area is 119 Å². The average molecular weight is 286 g/mol. The second-order valence-corrected chi connectivity index (χ2v) is 11.0. The van der Waals surface area contributed by atoms with Crippen LogP contribution in [0, 0.1) is 5.92 Å². The predicted octanol–water partition coefficient (Wildman–Crippen LogP) is 3.96. The molecule has 2 atom stereocenters. The molecule has 0 saturated heterocycles. The van der Waals surface area contributed by atoms with E-state index >= 15 is 0 Å². The fourth-order valence-electron chi connectivity index (χ4n) is 3.21. The molecule has 3 nitrogen and oxygen atoms in total. The van der Waals surface area contributed by atoms with Gasteiger partial charge in [-0.25, -0.2) is 0 Å². The second-order valence-electron chi connectivity index (χ2n) is 6.61. The summed E-state index contributed by atoms with van der Waals surface area (Å²) in [5.74, 6) is 0.446. The van der Waals surface area contributed by atoms with Crippen molar-refractivity contribution in [2.45, 2.75) is 64.1 Å². The highest BCUT2D eigenvalue weighted by atomic mass is 28.4. The first-order valence-electron chi connectivity index (χ1n) is 7.17. The zero-order valence-electron chi connectivity index (χ0n) is 13.4.